The normalized spacial score (nSPS) is 14.7. The molecule has 0 saturated carbocycles. The molecular weight excluding hydrogens is 808 g/mol. The Labute approximate surface area is 377 Å². The number of unbranched alkanes of at least 4 members (excludes halogenated alkanes) is 19. The van der Waals surface area contributed by atoms with E-state index in [1.165, 1.54) is 96.3 Å². The molecule has 62 heavy (non-hydrogen) atoms. The van der Waals surface area contributed by atoms with Crippen molar-refractivity contribution in [3.05, 3.63) is 48.6 Å². The third kappa shape index (κ3) is 45.9. The average molecular weight is 899 g/mol. The summed E-state index contributed by atoms with van der Waals surface area (Å²) >= 11 is 0. The van der Waals surface area contributed by atoms with E-state index < -0.39 is 51.8 Å². The van der Waals surface area contributed by atoms with Crippen LogP contribution in [-0.2, 0) is 32.7 Å². The molecule has 0 aliphatic rings. The van der Waals surface area contributed by atoms with Crippen molar-refractivity contribution in [3.63, 3.8) is 0 Å². The summed E-state index contributed by atoms with van der Waals surface area (Å²) in [4.78, 5) is 35.1. The summed E-state index contributed by atoms with van der Waals surface area (Å²) < 4.78 is 32.7. The van der Waals surface area contributed by atoms with Gasteiger partial charge in [-0.2, -0.15) is 0 Å². The molecule has 0 radical (unpaired) electrons. The zero-order valence-electron chi connectivity index (χ0n) is 39.4. The van der Waals surface area contributed by atoms with Crippen LogP contribution in [0.3, 0.4) is 0 Å². The summed E-state index contributed by atoms with van der Waals surface area (Å²) in [5, 5.41) is 27.6. The van der Waals surface area contributed by atoms with Crippen LogP contribution in [-0.4, -0.2) is 76.9 Å². The molecule has 0 spiro atoms. The quantitative estimate of drug-likeness (QED) is 0.0199. The first-order chi connectivity index (χ1) is 29.9. The van der Waals surface area contributed by atoms with Gasteiger partial charge in [-0.05, 0) is 70.6 Å². The van der Waals surface area contributed by atoms with Gasteiger partial charge in [-0.3, -0.25) is 18.6 Å². The molecule has 4 atom stereocenters. The molecule has 0 fully saturated rings. The summed E-state index contributed by atoms with van der Waals surface area (Å²) in [6, 6.07) is 0. The van der Waals surface area contributed by atoms with Crippen molar-refractivity contribution in [1.82, 2.24) is 0 Å². The minimum Gasteiger partial charge on any atom is -0.462 e. The average Bonchev–Trinajstić information content (AvgIpc) is 3.23. The van der Waals surface area contributed by atoms with Gasteiger partial charge >= 0.3 is 19.8 Å². The van der Waals surface area contributed by atoms with Crippen LogP contribution in [0.25, 0.3) is 0 Å². The van der Waals surface area contributed by atoms with Crippen molar-refractivity contribution in [2.45, 2.75) is 225 Å². The Bertz CT molecular complexity index is 1200. The molecule has 4 N–H and O–H groups in total. The van der Waals surface area contributed by atoms with E-state index in [4.69, 9.17) is 23.6 Å². The Balaban J connectivity index is 4.26. The molecule has 0 aliphatic heterocycles. The van der Waals surface area contributed by atoms with Crippen molar-refractivity contribution >= 4 is 19.8 Å². The number of rotatable bonds is 45. The van der Waals surface area contributed by atoms with Gasteiger partial charge in [0.25, 0.3) is 0 Å². The van der Waals surface area contributed by atoms with Gasteiger partial charge in [0.15, 0.2) is 6.10 Å². The number of phosphoric acid groups is 1. The maximum Gasteiger partial charge on any atom is 0.472 e. The molecule has 362 valence electrons. The molecule has 12 heteroatoms. The minimum atomic E-state index is -4.64. The predicted octanol–water partition coefficient (Wildman–Crippen LogP) is 12.5. The molecule has 0 aromatic rings. The molecule has 1 unspecified atom stereocenters. The van der Waals surface area contributed by atoms with Crippen LogP contribution in [0.15, 0.2) is 48.6 Å². The van der Waals surface area contributed by atoms with Crippen LogP contribution < -0.4 is 0 Å². The third-order valence-corrected chi connectivity index (χ3v) is 11.4. The molecule has 0 aliphatic carbocycles. The number of aliphatic hydroxyl groups excluding tert-OH is 3. The molecule has 0 heterocycles. The fourth-order valence-corrected chi connectivity index (χ4v) is 7.45. The summed E-state index contributed by atoms with van der Waals surface area (Å²) in [6.45, 7) is 4.24. The van der Waals surface area contributed by atoms with Gasteiger partial charge in [-0.1, -0.05) is 178 Å². The van der Waals surface area contributed by atoms with E-state index in [9.17, 15) is 29.3 Å². The fourth-order valence-electron chi connectivity index (χ4n) is 6.66. The summed E-state index contributed by atoms with van der Waals surface area (Å²) in [5.74, 6) is -0.162. The van der Waals surface area contributed by atoms with E-state index in [-0.39, 0.29) is 25.6 Å². The van der Waals surface area contributed by atoms with E-state index >= 15 is 0 Å². The van der Waals surface area contributed by atoms with E-state index in [0.717, 1.165) is 63.7 Å². The van der Waals surface area contributed by atoms with Crippen LogP contribution in [0.2, 0.25) is 0 Å². The van der Waals surface area contributed by atoms with E-state index in [1.54, 1.807) is 0 Å². The second-order valence-electron chi connectivity index (χ2n) is 17.3. The lowest BCUT2D eigenvalue weighted by atomic mass is 10.0. The van der Waals surface area contributed by atoms with Gasteiger partial charge in [0.05, 0.1) is 25.9 Å². The lowest BCUT2D eigenvalue weighted by Gasteiger charge is -2.20. The molecule has 0 rings (SSSR count). The van der Waals surface area contributed by atoms with Gasteiger partial charge in [0.2, 0.25) is 0 Å². The summed E-state index contributed by atoms with van der Waals surface area (Å²) in [5.41, 5.74) is 0. The third-order valence-electron chi connectivity index (χ3n) is 10.4. The Kier molecular flexibility index (Phi) is 42.6. The van der Waals surface area contributed by atoms with Crippen molar-refractivity contribution in [2.24, 2.45) is 5.92 Å². The van der Waals surface area contributed by atoms with Gasteiger partial charge in [-0.25, -0.2) is 4.57 Å². The number of ether oxygens (including phenoxy) is 2. The van der Waals surface area contributed by atoms with E-state index in [2.05, 4.69) is 50.3 Å². The van der Waals surface area contributed by atoms with Crippen LogP contribution in [0.4, 0.5) is 0 Å². The minimum absolute atomic E-state index is 0.0966. The lowest BCUT2D eigenvalue weighted by molar-refractivity contribution is -0.161. The number of phosphoric ester groups is 1. The summed E-state index contributed by atoms with van der Waals surface area (Å²) in [7, 11) is -4.64. The van der Waals surface area contributed by atoms with Crippen molar-refractivity contribution in [1.29, 1.82) is 0 Å². The SMILES string of the molecule is CC(C)CCCCCCCCCCCCCCCCCCCCC(=O)OC[C@H](COP(=O)(O)OC[C@@H](O)CO)OC(=O)CCC/C=C\C/C=C\C/C=C\C/C=C\CCC[C@H](C)O. The Hall–Kier alpha value is -2.11. The number of esters is 2. The van der Waals surface area contributed by atoms with Gasteiger partial charge in [0, 0.05) is 12.8 Å². The standard InChI is InChI=1S/C50H91O11P/c1-45(2)37-33-29-25-21-17-13-9-6-4-5-7-11-15-19-23-27-31-35-39-49(54)58-43-48(44-60-62(56,57)59-42-47(53)41-51)61-50(55)40-36-32-28-24-20-16-12-8-10-14-18-22-26-30-34-38-46(3)52/h10,12,14,16,22,24,26,28,45-48,51-53H,4-9,11,13,15,17-21,23,25,27,29-44H2,1-3H3,(H,56,57)/b14-10-,16-12-,26-22-,28-24-/t46-,47-,48+/m0/s1. The van der Waals surface area contributed by atoms with Crippen molar-refractivity contribution < 1.29 is 52.9 Å². The van der Waals surface area contributed by atoms with Crippen LogP contribution in [0.5, 0.6) is 0 Å². The van der Waals surface area contributed by atoms with Crippen molar-refractivity contribution in [2.75, 3.05) is 26.4 Å². The number of hydrogen-bond donors (Lipinski definition) is 4. The van der Waals surface area contributed by atoms with Crippen molar-refractivity contribution in [3.8, 4) is 0 Å². The number of aliphatic hydroxyl groups is 3. The largest absolute Gasteiger partial charge is 0.472 e. The highest BCUT2D eigenvalue weighted by molar-refractivity contribution is 7.47. The second kappa shape index (κ2) is 44.1. The highest BCUT2D eigenvalue weighted by atomic mass is 31.2. The highest BCUT2D eigenvalue weighted by Crippen LogP contribution is 2.43. The van der Waals surface area contributed by atoms with E-state index in [0.29, 0.717) is 19.3 Å². The molecule has 0 bridgehead atoms. The maximum atomic E-state index is 12.6. The Morgan fingerprint density at radius 2 is 0.935 bits per heavy atom. The first kappa shape index (κ1) is 59.9. The second-order valence-corrected chi connectivity index (χ2v) is 18.7. The molecular formula is C50H91O11P. The predicted molar refractivity (Wildman–Crippen MR) is 253 cm³/mol. The number of carbonyl (C=O) groups excluding carboxylic acids is 2. The Morgan fingerprint density at radius 3 is 1.40 bits per heavy atom. The molecule has 0 aromatic carbocycles. The van der Waals surface area contributed by atoms with Crippen LogP contribution >= 0.6 is 7.82 Å². The molecule has 11 nitrogen and oxygen atoms in total. The lowest BCUT2D eigenvalue weighted by Crippen LogP contribution is -2.29. The zero-order valence-corrected chi connectivity index (χ0v) is 40.3. The van der Waals surface area contributed by atoms with E-state index in [1.807, 2.05) is 19.1 Å². The first-order valence-corrected chi connectivity index (χ1v) is 26.0. The maximum absolute atomic E-state index is 12.6. The fraction of sp³-hybridized carbons (Fsp3) is 0.800. The first-order valence-electron chi connectivity index (χ1n) is 24.5. The smallest absolute Gasteiger partial charge is 0.462 e. The molecule has 0 aromatic heterocycles. The zero-order chi connectivity index (χ0) is 45.8. The van der Waals surface area contributed by atoms with Crippen LogP contribution in [0.1, 0.15) is 207 Å². The summed E-state index contributed by atoms with van der Waals surface area (Å²) in [6.07, 6.45) is 45.1. The number of hydrogen-bond acceptors (Lipinski definition) is 10. The van der Waals surface area contributed by atoms with Gasteiger partial charge in [0.1, 0.15) is 12.7 Å². The topological polar surface area (TPSA) is 169 Å². The van der Waals surface area contributed by atoms with Crippen LogP contribution in [0, 0.1) is 5.92 Å². The number of allylic oxidation sites excluding steroid dienone is 8. The number of carbonyl (C=O) groups is 2. The molecule has 0 amide bonds. The monoisotopic (exact) mass is 899 g/mol. The highest BCUT2D eigenvalue weighted by Gasteiger charge is 2.27. The van der Waals surface area contributed by atoms with Gasteiger partial charge in [-0.15, -0.1) is 0 Å². The van der Waals surface area contributed by atoms with Gasteiger partial charge < -0.3 is 29.7 Å². The Morgan fingerprint density at radius 1 is 0.516 bits per heavy atom. The molecule has 0 saturated heterocycles.